The van der Waals surface area contributed by atoms with E-state index in [1.807, 2.05) is 43.3 Å². The minimum atomic E-state index is 0.488. The number of fused-ring (bicyclic) bond motifs is 1. The van der Waals surface area contributed by atoms with Gasteiger partial charge in [0.1, 0.15) is 11.5 Å². The Morgan fingerprint density at radius 1 is 1.10 bits per heavy atom. The zero-order valence-electron chi connectivity index (χ0n) is 17.4. The van der Waals surface area contributed by atoms with Crippen LogP contribution in [0.15, 0.2) is 58.1 Å². The molecule has 3 aromatic heterocycles. The van der Waals surface area contributed by atoms with E-state index in [0.29, 0.717) is 22.8 Å². The number of rotatable bonds is 4. The summed E-state index contributed by atoms with van der Waals surface area (Å²) in [5.74, 6) is 1.21. The lowest BCUT2D eigenvalue weighted by atomic mass is 10.0. The van der Waals surface area contributed by atoms with Gasteiger partial charge in [-0.25, -0.2) is 4.99 Å². The Morgan fingerprint density at radius 3 is 2.68 bits per heavy atom. The third kappa shape index (κ3) is 3.13. The number of furan rings is 1. The zero-order chi connectivity index (χ0) is 21.5. The van der Waals surface area contributed by atoms with Crippen LogP contribution in [0.4, 0.5) is 0 Å². The second kappa shape index (κ2) is 7.32. The van der Waals surface area contributed by atoms with Gasteiger partial charge in [0, 0.05) is 22.7 Å². The molecule has 1 aliphatic rings. The van der Waals surface area contributed by atoms with Crippen molar-refractivity contribution in [1.82, 2.24) is 9.97 Å². The molecule has 0 bridgehead atoms. The molecule has 1 aromatic carbocycles. The lowest BCUT2D eigenvalue weighted by molar-refractivity contribution is 0.112. The fourth-order valence-electron chi connectivity index (χ4n) is 4.03. The second-order valence-electron chi connectivity index (χ2n) is 7.53. The van der Waals surface area contributed by atoms with Crippen LogP contribution in [0.5, 0.6) is 5.75 Å². The lowest BCUT2D eigenvalue weighted by Crippen LogP contribution is -2.22. The first kappa shape index (κ1) is 18.9. The van der Waals surface area contributed by atoms with Gasteiger partial charge in [-0.2, -0.15) is 0 Å². The van der Waals surface area contributed by atoms with Crippen molar-refractivity contribution in [3.63, 3.8) is 0 Å². The van der Waals surface area contributed by atoms with Crippen molar-refractivity contribution in [1.29, 1.82) is 0 Å². The van der Waals surface area contributed by atoms with Crippen molar-refractivity contribution in [3.8, 4) is 5.75 Å². The van der Waals surface area contributed by atoms with Gasteiger partial charge in [0.2, 0.25) is 0 Å². The number of carbonyl (C=O) groups excluding carboxylic acids is 1. The molecule has 0 saturated heterocycles. The number of aromatic nitrogens is 2. The van der Waals surface area contributed by atoms with Crippen molar-refractivity contribution < 1.29 is 13.9 Å². The lowest BCUT2D eigenvalue weighted by Gasteiger charge is -2.01. The summed E-state index contributed by atoms with van der Waals surface area (Å²) in [5, 5.41) is 3.36. The maximum absolute atomic E-state index is 11.6. The maximum atomic E-state index is 11.6. The molecule has 0 spiro atoms. The van der Waals surface area contributed by atoms with E-state index in [0.717, 1.165) is 50.1 Å². The Bertz CT molecular complexity index is 1560. The minimum Gasteiger partial charge on any atom is -0.494 e. The standard InChI is InChI=1S/C25H21N3O3/c1-14-10-15(2)26-19(14)11-20-22(30-3)12-21(27-20)24-23(25-16(13-29)8-9-31-25)17-6-4-5-7-18(17)28-24/h4-13,26-27H,1-3H3. The predicted molar refractivity (Wildman–Crippen MR) is 118 cm³/mol. The van der Waals surface area contributed by atoms with E-state index in [1.165, 1.54) is 6.26 Å². The molecule has 31 heavy (non-hydrogen) atoms. The van der Waals surface area contributed by atoms with Gasteiger partial charge in [-0.15, -0.1) is 0 Å². The topological polar surface area (TPSA) is 83.4 Å². The number of aromatic amines is 2. The molecule has 0 unspecified atom stereocenters. The number of aryl methyl sites for hydroxylation is 2. The van der Waals surface area contributed by atoms with E-state index >= 15 is 0 Å². The molecule has 1 aliphatic heterocycles. The van der Waals surface area contributed by atoms with Crippen LogP contribution in [-0.4, -0.2) is 23.4 Å². The Kier molecular flexibility index (Phi) is 4.47. The molecule has 4 heterocycles. The highest BCUT2D eigenvalue weighted by Gasteiger charge is 2.22. The monoisotopic (exact) mass is 411 g/mol. The van der Waals surface area contributed by atoms with E-state index < -0.39 is 0 Å². The van der Waals surface area contributed by atoms with Crippen LogP contribution < -0.4 is 26.0 Å². The minimum absolute atomic E-state index is 0.488. The smallest absolute Gasteiger partial charge is 0.153 e. The number of nitrogens with one attached hydrogen (secondary N) is 2. The zero-order valence-corrected chi connectivity index (χ0v) is 17.4. The van der Waals surface area contributed by atoms with Crippen LogP contribution in [0.2, 0.25) is 0 Å². The number of ether oxygens (including phenoxy) is 1. The van der Waals surface area contributed by atoms with E-state index in [1.54, 1.807) is 13.2 Å². The van der Waals surface area contributed by atoms with Gasteiger partial charge >= 0.3 is 0 Å². The van der Waals surface area contributed by atoms with Crippen molar-refractivity contribution in [2.24, 2.45) is 4.99 Å². The third-order valence-corrected chi connectivity index (χ3v) is 5.46. The van der Waals surface area contributed by atoms with Crippen LogP contribution in [0.25, 0.3) is 17.3 Å². The highest BCUT2D eigenvalue weighted by molar-refractivity contribution is 6.00. The predicted octanol–water partition coefficient (Wildman–Crippen LogP) is 1.84. The van der Waals surface area contributed by atoms with Crippen LogP contribution in [0.1, 0.15) is 33.1 Å². The molecule has 0 fully saturated rings. The molecule has 6 nitrogen and oxygen atoms in total. The van der Waals surface area contributed by atoms with Gasteiger partial charge in [-0.3, -0.25) is 4.79 Å². The number of methoxy groups -OCH3 is 1. The molecule has 4 aromatic rings. The van der Waals surface area contributed by atoms with Gasteiger partial charge < -0.3 is 19.1 Å². The van der Waals surface area contributed by atoms with Gasteiger partial charge in [0.25, 0.3) is 0 Å². The van der Waals surface area contributed by atoms with Gasteiger partial charge in [0.05, 0.1) is 46.3 Å². The molecule has 0 aliphatic carbocycles. The molecular weight excluding hydrogens is 390 g/mol. The number of benzene rings is 1. The summed E-state index contributed by atoms with van der Waals surface area (Å²) in [7, 11) is 1.64. The molecular formula is C25H21N3O3. The fourth-order valence-corrected chi connectivity index (χ4v) is 4.03. The van der Waals surface area contributed by atoms with E-state index in [4.69, 9.17) is 14.1 Å². The molecule has 0 saturated carbocycles. The highest BCUT2D eigenvalue weighted by Crippen LogP contribution is 2.26. The van der Waals surface area contributed by atoms with Crippen LogP contribution in [0, 0.1) is 13.8 Å². The Morgan fingerprint density at radius 2 is 1.94 bits per heavy atom. The van der Waals surface area contributed by atoms with Crippen LogP contribution >= 0.6 is 0 Å². The summed E-state index contributed by atoms with van der Waals surface area (Å²) in [6.45, 7) is 4.09. The summed E-state index contributed by atoms with van der Waals surface area (Å²) in [4.78, 5) is 23.2. The number of para-hydroxylation sites is 1. The number of nitrogens with zero attached hydrogens (tertiary/aromatic N) is 1. The number of carbonyl (C=O) groups is 1. The van der Waals surface area contributed by atoms with Crippen molar-refractivity contribution >= 4 is 23.6 Å². The first-order chi connectivity index (χ1) is 15.1. The van der Waals surface area contributed by atoms with Gasteiger partial charge in [-0.05, 0) is 43.7 Å². The highest BCUT2D eigenvalue weighted by atomic mass is 16.5. The van der Waals surface area contributed by atoms with E-state index in [-0.39, 0.29) is 0 Å². The van der Waals surface area contributed by atoms with Crippen molar-refractivity contribution in [2.75, 3.05) is 7.11 Å². The summed E-state index contributed by atoms with van der Waals surface area (Å²) < 4.78 is 11.4. The fraction of sp³-hybridized carbons (Fsp3) is 0.120. The Hall–Kier alpha value is -4.06. The van der Waals surface area contributed by atoms with E-state index in [9.17, 15) is 4.79 Å². The molecule has 0 atom stereocenters. The summed E-state index contributed by atoms with van der Waals surface area (Å²) in [6, 6.07) is 13.5. The number of H-pyrrole nitrogens is 2. The van der Waals surface area contributed by atoms with Crippen LogP contribution in [-0.2, 0) is 0 Å². The summed E-state index contributed by atoms with van der Waals surface area (Å²) in [6.07, 6.45) is 4.35. The third-order valence-electron chi connectivity index (χ3n) is 5.46. The average Bonchev–Trinajstić information content (AvgIpc) is 3.52. The molecule has 6 heteroatoms. The van der Waals surface area contributed by atoms with E-state index in [2.05, 4.69) is 23.0 Å². The molecule has 5 rings (SSSR count). The summed E-state index contributed by atoms with van der Waals surface area (Å²) >= 11 is 0. The second-order valence-corrected chi connectivity index (χ2v) is 7.53. The number of hydrogen-bond acceptors (Lipinski definition) is 4. The number of aldehydes is 1. The number of hydrogen-bond donors (Lipinski definition) is 2. The van der Waals surface area contributed by atoms with Crippen LogP contribution in [0.3, 0.4) is 0 Å². The summed E-state index contributed by atoms with van der Waals surface area (Å²) in [5.41, 5.74) is 5.24. The van der Waals surface area contributed by atoms with Crippen molar-refractivity contribution in [3.05, 3.63) is 98.3 Å². The first-order valence-electron chi connectivity index (χ1n) is 9.96. The Balaban J connectivity index is 1.82. The van der Waals surface area contributed by atoms with Crippen molar-refractivity contribution in [2.45, 2.75) is 13.8 Å². The maximum Gasteiger partial charge on any atom is 0.153 e. The SMILES string of the molecule is COc1cc(=C2N=c3ccccc3=C2c2occc2C=O)[nH]c1=Cc1[nH]c(C)cc1C. The first-order valence-corrected chi connectivity index (χ1v) is 9.96. The molecule has 154 valence electrons. The largest absolute Gasteiger partial charge is 0.494 e. The average molecular weight is 411 g/mol. The molecule has 2 N–H and O–H groups in total. The molecule has 0 radical (unpaired) electrons. The Labute approximate surface area is 177 Å². The van der Waals surface area contributed by atoms with Gasteiger partial charge in [-0.1, -0.05) is 18.2 Å². The normalized spacial score (nSPS) is 15.2. The van der Waals surface area contributed by atoms with Gasteiger partial charge in [0.15, 0.2) is 6.29 Å². The quantitative estimate of drug-likeness (QED) is 0.503. The molecule has 0 amide bonds.